The molecule has 2 N–H and O–H groups in total. The summed E-state index contributed by atoms with van der Waals surface area (Å²) in [5, 5.41) is 16.5. The van der Waals surface area contributed by atoms with Crippen LogP contribution < -0.4 is 0 Å². The van der Waals surface area contributed by atoms with Gasteiger partial charge in [-0.25, -0.2) is 0 Å². The second kappa shape index (κ2) is 10.3. The van der Waals surface area contributed by atoms with Crippen LogP contribution in [0.5, 0.6) is 0 Å². The van der Waals surface area contributed by atoms with Crippen molar-refractivity contribution in [2.75, 3.05) is 11.5 Å². The first kappa shape index (κ1) is 15.7. The van der Waals surface area contributed by atoms with Gasteiger partial charge < -0.3 is 10.2 Å². The average Bonchev–Trinajstić information content (AvgIpc) is 1.95. The predicted octanol–water partition coefficient (Wildman–Crippen LogP) is 1.31. The fourth-order valence-corrected chi connectivity index (χ4v) is 2.33. The summed E-state index contributed by atoms with van der Waals surface area (Å²) in [6.45, 7) is 0. The quantitative estimate of drug-likeness (QED) is 0.415. The monoisotopic (exact) mass is 274 g/mol. The molecule has 0 aromatic rings. The molecule has 0 unspecified atom stereocenters. The topological polar surface area (TPSA) is 74.6 Å². The average molecular weight is 276 g/mol. The van der Waals surface area contributed by atoms with E-state index in [4.69, 9.17) is 10.2 Å². The van der Waals surface area contributed by atoms with Crippen LogP contribution in [0.3, 0.4) is 0 Å². The molecule has 0 aliphatic heterocycles. The summed E-state index contributed by atoms with van der Waals surface area (Å²) < 4.78 is 0. The standard InChI is InChI=1S/C6H10O4S2.Zn/c7-5(8)1-3-11-12-4-2-6(9)10;/h1-4H2,(H,7,8)(H,9,10);. The number of hydrogen-bond acceptors (Lipinski definition) is 4. The van der Waals surface area contributed by atoms with Crippen LogP contribution in [0.2, 0.25) is 0 Å². The van der Waals surface area contributed by atoms with Crippen molar-refractivity contribution in [3.05, 3.63) is 0 Å². The molecule has 0 radical (unpaired) electrons. The van der Waals surface area contributed by atoms with Gasteiger partial charge >= 0.3 is 11.9 Å². The molecule has 0 bridgehead atoms. The molecule has 0 heterocycles. The number of aliphatic carboxylic acids is 2. The maximum atomic E-state index is 10.0. The van der Waals surface area contributed by atoms with Gasteiger partial charge in [-0.3, -0.25) is 9.59 Å². The van der Waals surface area contributed by atoms with Crippen molar-refractivity contribution >= 4 is 33.5 Å². The normalized spacial score (nSPS) is 8.92. The third-order valence-electron chi connectivity index (χ3n) is 0.882. The smallest absolute Gasteiger partial charge is 0.304 e. The van der Waals surface area contributed by atoms with Crippen molar-refractivity contribution in [2.45, 2.75) is 12.8 Å². The minimum atomic E-state index is -0.818. The van der Waals surface area contributed by atoms with Gasteiger partial charge in [-0.2, -0.15) is 0 Å². The molecule has 0 atom stereocenters. The van der Waals surface area contributed by atoms with Crippen molar-refractivity contribution in [1.29, 1.82) is 0 Å². The van der Waals surface area contributed by atoms with Crippen LogP contribution in [0.1, 0.15) is 12.8 Å². The summed E-state index contributed by atoms with van der Waals surface area (Å²) in [4.78, 5) is 20.0. The van der Waals surface area contributed by atoms with Crippen LogP contribution in [0.25, 0.3) is 0 Å². The Balaban J connectivity index is 0. The fourth-order valence-electron chi connectivity index (χ4n) is 0.376. The van der Waals surface area contributed by atoms with E-state index in [9.17, 15) is 9.59 Å². The molecule has 0 saturated carbocycles. The molecule has 0 aromatic carbocycles. The molecule has 4 nitrogen and oxygen atoms in total. The zero-order valence-corrected chi connectivity index (χ0v) is 11.7. The summed E-state index contributed by atoms with van der Waals surface area (Å²) in [6, 6.07) is 0. The number of carbonyl (C=O) groups is 2. The van der Waals surface area contributed by atoms with Gasteiger partial charge in [-0.15, -0.1) is 0 Å². The molecule has 0 aliphatic carbocycles. The molecule has 13 heavy (non-hydrogen) atoms. The van der Waals surface area contributed by atoms with E-state index in [2.05, 4.69) is 0 Å². The van der Waals surface area contributed by atoms with Crippen molar-refractivity contribution in [1.82, 2.24) is 0 Å². The van der Waals surface area contributed by atoms with Crippen LogP contribution >= 0.6 is 21.6 Å². The van der Waals surface area contributed by atoms with Gasteiger partial charge in [-0.1, -0.05) is 21.6 Å². The Morgan fingerprint density at radius 3 is 1.46 bits per heavy atom. The summed E-state index contributed by atoms with van der Waals surface area (Å²) >= 11 is 0. The Morgan fingerprint density at radius 1 is 0.923 bits per heavy atom. The Hall–Kier alpha value is 0.263. The molecule has 0 spiro atoms. The second-order valence-corrected chi connectivity index (χ2v) is 4.63. The van der Waals surface area contributed by atoms with E-state index in [0.29, 0.717) is 11.5 Å². The largest absolute Gasteiger partial charge is 0.481 e. The van der Waals surface area contributed by atoms with Gasteiger partial charge in [-0.05, 0) is 0 Å². The second-order valence-electron chi connectivity index (χ2n) is 1.93. The Bertz CT molecular complexity index is 147. The number of hydrogen-bond donors (Lipinski definition) is 2. The van der Waals surface area contributed by atoms with E-state index in [1.807, 2.05) is 0 Å². The van der Waals surface area contributed by atoms with Gasteiger partial charge in [0.1, 0.15) is 0 Å². The van der Waals surface area contributed by atoms with Gasteiger partial charge in [0.05, 0.1) is 12.8 Å². The van der Waals surface area contributed by atoms with Crippen molar-refractivity contribution < 1.29 is 39.3 Å². The Morgan fingerprint density at radius 2 is 1.23 bits per heavy atom. The van der Waals surface area contributed by atoms with Crippen molar-refractivity contribution in [3.8, 4) is 0 Å². The van der Waals surface area contributed by atoms with Gasteiger partial charge in [0.2, 0.25) is 0 Å². The predicted molar refractivity (Wildman–Crippen MR) is 49.4 cm³/mol. The third-order valence-corrected chi connectivity index (χ3v) is 3.29. The minimum absolute atomic E-state index is 0. The first-order valence-electron chi connectivity index (χ1n) is 3.31. The number of carboxylic acid groups (broad SMARTS) is 2. The minimum Gasteiger partial charge on any atom is -0.481 e. The van der Waals surface area contributed by atoms with E-state index in [0.717, 1.165) is 0 Å². The Kier molecular flexibility index (Phi) is 12.5. The molecule has 0 fully saturated rings. The molecule has 0 saturated heterocycles. The Labute approximate surface area is 97.0 Å². The van der Waals surface area contributed by atoms with E-state index < -0.39 is 11.9 Å². The maximum Gasteiger partial charge on any atom is 0.304 e. The van der Waals surface area contributed by atoms with Crippen LogP contribution in [-0.2, 0) is 29.1 Å². The van der Waals surface area contributed by atoms with E-state index in [1.165, 1.54) is 21.6 Å². The first-order valence-corrected chi connectivity index (χ1v) is 5.79. The summed E-state index contributed by atoms with van der Waals surface area (Å²) in [7, 11) is 2.79. The molecule has 0 aliphatic rings. The van der Waals surface area contributed by atoms with Gasteiger partial charge in [0.15, 0.2) is 0 Å². The van der Waals surface area contributed by atoms with Crippen LogP contribution in [0.4, 0.5) is 0 Å². The molecular weight excluding hydrogens is 266 g/mol. The number of rotatable bonds is 7. The molecule has 0 rings (SSSR count). The van der Waals surface area contributed by atoms with Gasteiger partial charge in [0, 0.05) is 31.0 Å². The van der Waals surface area contributed by atoms with Crippen LogP contribution in [-0.4, -0.2) is 33.7 Å². The number of carboxylic acids is 2. The fraction of sp³-hybridized carbons (Fsp3) is 0.667. The molecule has 72 valence electrons. The maximum absolute atomic E-state index is 10.0. The van der Waals surface area contributed by atoms with E-state index in [-0.39, 0.29) is 32.3 Å². The molecule has 0 amide bonds. The first-order chi connectivity index (χ1) is 5.63. The summed E-state index contributed by atoms with van der Waals surface area (Å²) in [6.07, 6.45) is 0.259. The van der Waals surface area contributed by atoms with Crippen molar-refractivity contribution in [3.63, 3.8) is 0 Å². The van der Waals surface area contributed by atoms with E-state index >= 15 is 0 Å². The van der Waals surface area contributed by atoms with Crippen molar-refractivity contribution in [2.24, 2.45) is 0 Å². The van der Waals surface area contributed by atoms with Gasteiger partial charge in [0.25, 0.3) is 0 Å². The zero-order valence-electron chi connectivity index (χ0n) is 7.06. The molecule has 7 heteroatoms. The third kappa shape index (κ3) is 15.1. The van der Waals surface area contributed by atoms with Crippen LogP contribution in [0.15, 0.2) is 0 Å². The van der Waals surface area contributed by atoms with Crippen LogP contribution in [0, 0.1) is 0 Å². The summed E-state index contributed by atoms with van der Waals surface area (Å²) in [5.41, 5.74) is 0. The van der Waals surface area contributed by atoms with E-state index in [1.54, 1.807) is 0 Å². The zero-order chi connectivity index (χ0) is 9.40. The summed E-state index contributed by atoms with van der Waals surface area (Å²) in [5.74, 6) is -0.582. The molecule has 0 aromatic heterocycles. The SMILES string of the molecule is O=C(O)CCSSCCC(=O)O.[Zn]. The molecular formula is C6H10O4S2Zn.